The zero-order valence-electron chi connectivity index (χ0n) is 13.4. The summed E-state index contributed by atoms with van der Waals surface area (Å²) in [5.41, 5.74) is 3.26. The second-order valence-electron chi connectivity index (χ2n) is 6.27. The highest BCUT2D eigenvalue weighted by molar-refractivity contribution is 5.98. The van der Waals surface area contributed by atoms with E-state index < -0.39 is 5.97 Å². The van der Waals surface area contributed by atoms with Gasteiger partial charge in [0.15, 0.2) is 5.78 Å². The zero-order chi connectivity index (χ0) is 16.8. The van der Waals surface area contributed by atoms with Gasteiger partial charge in [0, 0.05) is 31.4 Å². The zero-order valence-corrected chi connectivity index (χ0v) is 13.4. The number of carbonyl (C=O) groups excluding carboxylic acids is 2. The van der Waals surface area contributed by atoms with Crippen LogP contribution in [0.3, 0.4) is 0 Å². The maximum atomic E-state index is 12.2. The van der Waals surface area contributed by atoms with Crippen LogP contribution in [0.5, 0.6) is 0 Å². The van der Waals surface area contributed by atoms with Crippen LogP contribution in [0, 0.1) is 5.92 Å². The molecule has 1 amide bonds. The summed E-state index contributed by atoms with van der Waals surface area (Å²) < 4.78 is 0. The Morgan fingerprint density at radius 2 is 1.91 bits per heavy atom. The summed E-state index contributed by atoms with van der Waals surface area (Å²) in [6.07, 6.45) is 3.59. The van der Waals surface area contributed by atoms with E-state index in [1.807, 2.05) is 18.2 Å². The fraction of sp³-hybridized carbons (Fsp3) is 0.500. The third kappa shape index (κ3) is 5.20. The monoisotopic (exact) mass is 317 g/mol. The third-order valence-electron chi connectivity index (χ3n) is 4.17. The highest BCUT2D eigenvalue weighted by Gasteiger charge is 2.15. The van der Waals surface area contributed by atoms with Crippen LogP contribution in [-0.2, 0) is 22.4 Å². The molecule has 0 aromatic heterocycles. The number of nitrogens with one attached hydrogen (secondary N) is 1. The van der Waals surface area contributed by atoms with Gasteiger partial charge in [-0.1, -0.05) is 19.1 Å². The van der Waals surface area contributed by atoms with Gasteiger partial charge in [0.25, 0.3) is 0 Å². The van der Waals surface area contributed by atoms with Gasteiger partial charge >= 0.3 is 5.97 Å². The van der Waals surface area contributed by atoms with E-state index in [1.165, 1.54) is 11.1 Å². The summed E-state index contributed by atoms with van der Waals surface area (Å²) in [4.78, 5) is 34.5. The summed E-state index contributed by atoms with van der Waals surface area (Å²) in [6.45, 7) is 2.09. The average Bonchev–Trinajstić information content (AvgIpc) is 2.97. The van der Waals surface area contributed by atoms with Gasteiger partial charge in [-0.05, 0) is 42.4 Å². The third-order valence-corrected chi connectivity index (χ3v) is 4.17. The molecule has 0 radical (unpaired) electrons. The van der Waals surface area contributed by atoms with Crippen molar-refractivity contribution in [3.05, 3.63) is 34.9 Å². The van der Waals surface area contributed by atoms with Gasteiger partial charge in [0.05, 0.1) is 0 Å². The van der Waals surface area contributed by atoms with Crippen LogP contribution in [0.2, 0.25) is 0 Å². The van der Waals surface area contributed by atoms with Crippen LogP contribution in [0.4, 0.5) is 0 Å². The summed E-state index contributed by atoms with van der Waals surface area (Å²) in [7, 11) is 0. The predicted octanol–water partition coefficient (Wildman–Crippen LogP) is 2.37. The Balaban J connectivity index is 1.75. The number of amides is 1. The molecule has 124 valence electrons. The summed E-state index contributed by atoms with van der Waals surface area (Å²) in [6, 6.07) is 5.82. The number of carboxylic acids is 1. The lowest BCUT2D eigenvalue weighted by atomic mass is 10.0. The van der Waals surface area contributed by atoms with E-state index in [4.69, 9.17) is 5.11 Å². The topological polar surface area (TPSA) is 83.5 Å². The molecular weight excluding hydrogens is 294 g/mol. The fourth-order valence-corrected chi connectivity index (χ4v) is 2.86. The van der Waals surface area contributed by atoms with Crippen molar-refractivity contribution in [2.24, 2.45) is 5.92 Å². The van der Waals surface area contributed by atoms with Gasteiger partial charge in [0.2, 0.25) is 5.91 Å². The highest BCUT2D eigenvalue weighted by atomic mass is 16.4. The van der Waals surface area contributed by atoms with Crippen molar-refractivity contribution in [3.63, 3.8) is 0 Å². The van der Waals surface area contributed by atoms with Crippen molar-refractivity contribution >= 4 is 17.7 Å². The maximum Gasteiger partial charge on any atom is 0.303 e. The summed E-state index contributed by atoms with van der Waals surface area (Å²) in [5, 5.41) is 11.3. The molecule has 2 N–H and O–H groups in total. The SMILES string of the molecule is CC(CNC(=O)CCC(=O)c1ccc2c(c1)CCC2)CC(=O)O. The molecule has 1 aliphatic rings. The molecule has 5 heteroatoms. The van der Waals surface area contributed by atoms with Gasteiger partial charge in [-0.25, -0.2) is 0 Å². The lowest BCUT2D eigenvalue weighted by molar-refractivity contribution is -0.138. The van der Waals surface area contributed by atoms with Gasteiger partial charge < -0.3 is 10.4 Å². The minimum Gasteiger partial charge on any atom is -0.481 e. The van der Waals surface area contributed by atoms with Crippen molar-refractivity contribution in [2.45, 2.75) is 45.4 Å². The van der Waals surface area contributed by atoms with Crippen LogP contribution in [-0.4, -0.2) is 29.3 Å². The molecule has 0 fully saturated rings. The van der Waals surface area contributed by atoms with Crippen LogP contribution >= 0.6 is 0 Å². The summed E-state index contributed by atoms with van der Waals surface area (Å²) in [5.74, 6) is -1.23. The molecule has 0 bridgehead atoms. The minimum atomic E-state index is -0.876. The van der Waals surface area contributed by atoms with Gasteiger partial charge in [-0.15, -0.1) is 0 Å². The van der Waals surface area contributed by atoms with Crippen molar-refractivity contribution in [3.8, 4) is 0 Å². The second kappa shape index (κ2) is 7.90. The molecule has 0 saturated heterocycles. The average molecular weight is 317 g/mol. The molecule has 0 heterocycles. The van der Waals surface area contributed by atoms with E-state index in [0.29, 0.717) is 12.1 Å². The van der Waals surface area contributed by atoms with Gasteiger partial charge in [-0.2, -0.15) is 0 Å². The fourth-order valence-electron chi connectivity index (χ4n) is 2.86. The maximum absolute atomic E-state index is 12.2. The number of carbonyl (C=O) groups is 3. The van der Waals surface area contributed by atoms with Gasteiger partial charge in [0.1, 0.15) is 0 Å². The Kier molecular flexibility index (Phi) is 5.90. The van der Waals surface area contributed by atoms with E-state index in [2.05, 4.69) is 5.32 Å². The Bertz CT molecular complexity index is 609. The van der Waals surface area contributed by atoms with Crippen molar-refractivity contribution in [1.29, 1.82) is 0 Å². The molecule has 1 unspecified atom stereocenters. The molecular formula is C18H23NO4. The normalized spacial score (nSPS) is 14.1. The Hall–Kier alpha value is -2.17. The molecule has 5 nitrogen and oxygen atoms in total. The summed E-state index contributed by atoms with van der Waals surface area (Å²) >= 11 is 0. The number of fused-ring (bicyclic) bond motifs is 1. The highest BCUT2D eigenvalue weighted by Crippen LogP contribution is 2.23. The Morgan fingerprint density at radius 1 is 1.17 bits per heavy atom. The quantitative estimate of drug-likeness (QED) is 0.721. The number of benzene rings is 1. The number of rotatable bonds is 8. The Morgan fingerprint density at radius 3 is 2.65 bits per heavy atom. The van der Waals surface area contributed by atoms with Gasteiger partial charge in [-0.3, -0.25) is 14.4 Å². The van der Waals surface area contributed by atoms with E-state index in [9.17, 15) is 14.4 Å². The van der Waals surface area contributed by atoms with Crippen LogP contribution < -0.4 is 5.32 Å². The first-order valence-corrected chi connectivity index (χ1v) is 8.09. The van der Waals surface area contributed by atoms with Crippen molar-refractivity contribution < 1.29 is 19.5 Å². The molecule has 23 heavy (non-hydrogen) atoms. The molecule has 1 atom stereocenters. The number of aliphatic carboxylic acids is 1. The molecule has 1 aromatic rings. The second-order valence-corrected chi connectivity index (χ2v) is 6.27. The lowest BCUT2D eigenvalue weighted by Gasteiger charge is -2.10. The lowest BCUT2D eigenvalue weighted by Crippen LogP contribution is -2.29. The minimum absolute atomic E-state index is 0.0200. The molecule has 1 aromatic carbocycles. The van der Waals surface area contributed by atoms with Crippen molar-refractivity contribution in [2.75, 3.05) is 6.54 Å². The number of hydrogen-bond acceptors (Lipinski definition) is 3. The molecule has 0 saturated carbocycles. The first-order valence-electron chi connectivity index (χ1n) is 8.09. The standard InChI is InChI=1S/C18H23NO4/c1-12(9-18(22)23)11-19-17(21)8-7-16(20)15-6-5-13-3-2-4-14(13)10-15/h5-6,10,12H,2-4,7-9,11H2,1H3,(H,19,21)(H,22,23). The first kappa shape index (κ1) is 17.2. The number of ketones is 1. The largest absolute Gasteiger partial charge is 0.481 e. The van der Waals surface area contributed by atoms with E-state index in [0.717, 1.165) is 19.3 Å². The van der Waals surface area contributed by atoms with Crippen LogP contribution in [0.25, 0.3) is 0 Å². The number of carboxylic acid groups (broad SMARTS) is 1. The molecule has 0 spiro atoms. The number of hydrogen-bond donors (Lipinski definition) is 2. The van der Waals surface area contributed by atoms with Crippen LogP contribution in [0.15, 0.2) is 18.2 Å². The first-order chi connectivity index (χ1) is 11.0. The smallest absolute Gasteiger partial charge is 0.303 e. The van der Waals surface area contributed by atoms with Crippen LogP contribution in [0.1, 0.15) is 54.1 Å². The Labute approximate surface area is 136 Å². The molecule has 0 aliphatic heterocycles. The number of aryl methyl sites for hydroxylation is 2. The molecule has 1 aliphatic carbocycles. The van der Waals surface area contributed by atoms with E-state index in [-0.39, 0.29) is 36.9 Å². The van der Waals surface area contributed by atoms with E-state index in [1.54, 1.807) is 6.92 Å². The van der Waals surface area contributed by atoms with E-state index >= 15 is 0 Å². The predicted molar refractivity (Wildman–Crippen MR) is 86.5 cm³/mol. The number of Topliss-reactive ketones (excluding diaryl/α,β-unsaturated/α-hetero) is 1. The van der Waals surface area contributed by atoms with Crippen molar-refractivity contribution in [1.82, 2.24) is 5.32 Å². The molecule has 2 rings (SSSR count).